The van der Waals surface area contributed by atoms with Crippen LogP contribution in [0.3, 0.4) is 0 Å². The van der Waals surface area contributed by atoms with Gasteiger partial charge in [-0.25, -0.2) is 0 Å². The van der Waals surface area contributed by atoms with Gasteiger partial charge < -0.3 is 10.6 Å². The maximum atomic E-state index is 12.2. The van der Waals surface area contributed by atoms with Gasteiger partial charge in [0.15, 0.2) is 0 Å². The van der Waals surface area contributed by atoms with Gasteiger partial charge >= 0.3 is 0 Å². The van der Waals surface area contributed by atoms with E-state index in [9.17, 15) is 10.1 Å². The fraction of sp³-hybridized carbons (Fsp3) is 0.105. The quantitative estimate of drug-likeness (QED) is 0.644. The third-order valence-corrected chi connectivity index (χ3v) is 4.35. The first-order chi connectivity index (χ1) is 12.6. The Balaban J connectivity index is 1.70. The lowest BCUT2D eigenvalue weighted by Gasteiger charge is -2.12. The van der Waals surface area contributed by atoms with E-state index < -0.39 is 0 Å². The Morgan fingerprint density at radius 3 is 2.73 bits per heavy atom. The molecule has 0 radical (unpaired) electrons. The number of anilines is 1. The Bertz CT molecular complexity index is 1010. The van der Waals surface area contributed by atoms with Crippen LogP contribution in [0.1, 0.15) is 15.9 Å². The Hall–Kier alpha value is -2.81. The number of rotatable bonds is 5. The molecule has 2 N–H and O–H groups in total. The number of carbonyl (C=O) groups is 1. The number of fused-ring (bicyclic) bond motifs is 1. The Labute approximate surface area is 160 Å². The van der Waals surface area contributed by atoms with Crippen LogP contribution in [-0.2, 0) is 0 Å². The monoisotopic (exact) mass is 384 g/mol. The Kier molecular flexibility index (Phi) is 5.57. The number of nitrogens with one attached hydrogen (secondary N) is 2. The van der Waals surface area contributed by atoms with E-state index >= 15 is 0 Å². The highest BCUT2D eigenvalue weighted by atomic mass is 35.5. The van der Waals surface area contributed by atoms with Crippen molar-refractivity contribution in [1.82, 2.24) is 10.3 Å². The van der Waals surface area contributed by atoms with Crippen LogP contribution in [0.2, 0.25) is 10.0 Å². The molecule has 0 bridgehead atoms. The van der Waals surface area contributed by atoms with Crippen molar-refractivity contribution in [2.45, 2.75) is 0 Å². The molecule has 0 fully saturated rings. The summed E-state index contributed by atoms with van der Waals surface area (Å²) in [6.07, 6.45) is 1.51. The van der Waals surface area contributed by atoms with Crippen LogP contribution < -0.4 is 10.6 Å². The minimum atomic E-state index is -0.250. The molecule has 0 aliphatic carbocycles. The number of hydrogen-bond donors (Lipinski definition) is 2. The van der Waals surface area contributed by atoms with Crippen molar-refractivity contribution in [3.63, 3.8) is 0 Å². The van der Waals surface area contributed by atoms with Crippen molar-refractivity contribution >= 4 is 45.7 Å². The largest absolute Gasteiger partial charge is 0.382 e. The van der Waals surface area contributed by atoms with Crippen LogP contribution in [0.15, 0.2) is 48.7 Å². The van der Waals surface area contributed by atoms with Crippen LogP contribution in [0.4, 0.5) is 5.69 Å². The normalized spacial score (nSPS) is 10.3. The van der Waals surface area contributed by atoms with Crippen LogP contribution >= 0.6 is 23.2 Å². The third-order valence-electron chi connectivity index (χ3n) is 3.78. The van der Waals surface area contributed by atoms with Gasteiger partial charge in [0.1, 0.15) is 6.07 Å². The molecule has 5 nitrogen and oxygen atoms in total. The second-order valence-electron chi connectivity index (χ2n) is 5.48. The molecule has 0 saturated carbocycles. The minimum absolute atomic E-state index is 0.250. The highest BCUT2D eigenvalue weighted by molar-refractivity contribution is 6.33. The zero-order chi connectivity index (χ0) is 18.5. The van der Waals surface area contributed by atoms with Gasteiger partial charge in [-0.3, -0.25) is 9.78 Å². The maximum Gasteiger partial charge on any atom is 0.252 e. The fourth-order valence-corrected chi connectivity index (χ4v) is 2.94. The number of aromatic nitrogens is 1. The van der Waals surface area contributed by atoms with Crippen molar-refractivity contribution in [3.8, 4) is 6.07 Å². The number of amides is 1. The van der Waals surface area contributed by atoms with E-state index in [4.69, 9.17) is 23.2 Å². The molecule has 0 spiro atoms. The molecule has 2 aromatic carbocycles. The molecule has 26 heavy (non-hydrogen) atoms. The molecular weight excluding hydrogens is 371 g/mol. The van der Waals surface area contributed by atoms with Crippen molar-refractivity contribution < 1.29 is 4.79 Å². The molecule has 3 aromatic rings. The Morgan fingerprint density at radius 2 is 1.96 bits per heavy atom. The van der Waals surface area contributed by atoms with E-state index in [0.29, 0.717) is 39.9 Å². The van der Waals surface area contributed by atoms with Gasteiger partial charge in [-0.2, -0.15) is 5.26 Å². The van der Waals surface area contributed by atoms with E-state index in [1.807, 2.05) is 0 Å². The van der Waals surface area contributed by atoms with E-state index in [-0.39, 0.29) is 5.91 Å². The predicted octanol–water partition coefficient (Wildman–Crippen LogP) is 4.26. The van der Waals surface area contributed by atoms with Crippen LogP contribution in [-0.4, -0.2) is 24.0 Å². The highest BCUT2D eigenvalue weighted by Crippen LogP contribution is 2.27. The van der Waals surface area contributed by atoms with Crippen molar-refractivity contribution in [1.29, 1.82) is 5.26 Å². The highest BCUT2D eigenvalue weighted by Gasteiger charge is 2.11. The molecule has 3 rings (SSSR count). The number of benzene rings is 2. The van der Waals surface area contributed by atoms with Crippen LogP contribution in [0.25, 0.3) is 10.9 Å². The molecule has 0 aliphatic heterocycles. The average Bonchev–Trinajstić information content (AvgIpc) is 2.65. The second kappa shape index (κ2) is 8.05. The summed E-state index contributed by atoms with van der Waals surface area (Å²) in [5.74, 6) is -0.250. The van der Waals surface area contributed by atoms with E-state index in [1.54, 1.807) is 42.5 Å². The van der Waals surface area contributed by atoms with E-state index in [1.165, 1.54) is 6.20 Å². The molecule has 0 atom stereocenters. The molecule has 130 valence electrons. The number of carbonyl (C=O) groups excluding carboxylic acids is 1. The smallest absolute Gasteiger partial charge is 0.252 e. The summed E-state index contributed by atoms with van der Waals surface area (Å²) in [5, 5.41) is 17.0. The second-order valence-corrected chi connectivity index (χ2v) is 6.33. The SMILES string of the molecule is N#Cc1cnc2ccc(Cl)cc2c1NCCNC(=O)c1ccccc1Cl. The summed E-state index contributed by atoms with van der Waals surface area (Å²) in [6, 6.07) is 14.3. The van der Waals surface area contributed by atoms with Gasteiger partial charge in [0, 0.05) is 29.7 Å². The lowest BCUT2D eigenvalue weighted by Crippen LogP contribution is -2.29. The standard InChI is InChI=1S/C19H14Cl2N4O/c20-13-5-6-17-15(9-13)18(12(10-22)11-25-17)23-7-8-24-19(26)14-3-1-2-4-16(14)21/h1-6,9,11H,7-8H2,(H,23,25)(H,24,26). The lowest BCUT2D eigenvalue weighted by atomic mass is 10.1. The number of pyridine rings is 1. The number of nitriles is 1. The van der Waals surface area contributed by atoms with Crippen LogP contribution in [0.5, 0.6) is 0 Å². The summed E-state index contributed by atoms with van der Waals surface area (Å²) >= 11 is 12.1. The first kappa shape index (κ1) is 18.0. The number of halogens is 2. The zero-order valence-corrected chi connectivity index (χ0v) is 15.1. The first-order valence-electron chi connectivity index (χ1n) is 7.85. The molecule has 7 heteroatoms. The summed E-state index contributed by atoms with van der Waals surface area (Å²) in [6.45, 7) is 0.788. The predicted molar refractivity (Wildman–Crippen MR) is 104 cm³/mol. The van der Waals surface area contributed by atoms with Crippen molar-refractivity contribution in [2.24, 2.45) is 0 Å². The van der Waals surface area contributed by atoms with Gasteiger partial charge in [-0.1, -0.05) is 35.3 Å². The van der Waals surface area contributed by atoms with Gasteiger partial charge in [0.05, 0.1) is 27.4 Å². The summed E-state index contributed by atoms with van der Waals surface area (Å²) in [7, 11) is 0. The molecule has 0 unspecified atom stereocenters. The third kappa shape index (κ3) is 3.88. The van der Waals surface area contributed by atoms with Gasteiger partial charge in [0.2, 0.25) is 0 Å². The van der Waals surface area contributed by atoms with Crippen molar-refractivity contribution in [2.75, 3.05) is 18.4 Å². The molecule has 1 heterocycles. The zero-order valence-electron chi connectivity index (χ0n) is 13.6. The summed E-state index contributed by atoms with van der Waals surface area (Å²) in [4.78, 5) is 16.4. The van der Waals surface area contributed by atoms with E-state index in [2.05, 4.69) is 21.7 Å². The van der Waals surface area contributed by atoms with Gasteiger partial charge in [0.25, 0.3) is 5.91 Å². The molecule has 1 amide bonds. The molecule has 0 aliphatic rings. The van der Waals surface area contributed by atoms with Gasteiger partial charge in [-0.05, 0) is 30.3 Å². The average molecular weight is 385 g/mol. The van der Waals surface area contributed by atoms with Crippen LogP contribution in [0, 0.1) is 11.3 Å². The number of hydrogen-bond acceptors (Lipinski definition) is 4. The summed E-state index contributed by atoms with van der Waals surface area (Å²) < 4.78 is 0. The van der Waals surface area contributed by atoms with Gasteiger partial charge in [-0.15, -0.1) is 0 Å². The lowest BCUT2D eigenvalue weighted by molar-refractivity contribution is 0.0955. The first-order valence-corrected chi connectivity index (χ1v) is 8.60. The minimum Gasteiger partial charge on any atom is -0.382 e. The molecular formula is C19H14Cl2N4O. The van der Waals surface area contributed by atoms with Crippen molar-refractivity contribution in [3.05, 3.63) is 69.8 Å². The molecule has 0 saturated heterocycles. The summed E-state index contributed by atoms with van der Waals surface area (Å²) in [5.41, 5.74) is 2.22. The molecule has 1 aromatic heterocycles. The van der Waals surface area contributed by atoms with E-state index in [0.717, 1.165) is 10.9 Å². The maximum absolute atomic E-state index is 12.2. The number of nitrogens with zero attached hydrogens (tertiary/aromatic N) is 2. The Morgan fingerprint density at radius 1 is 1.15 bits per heavy atom. The fourth-order valence-electron chi connectivity index (χ4n) is 2.54. The topological polar surface area (TPSA) is 77.8 Å².